The molecule has 0 N–H and O–H groups in total. The molecule has 0 aliphatic carbocycles. The van der Waals surface area contributed by atoms with Crippen LogP contribution in [0.25, 0.3) is 32.7 Å². The molecule has 8 rings (SSSR count). The van der Waals surface area contributed by atoms with Gasteiger partial charge in [-0.2, -0.15) is 12.1 Å². The van der Waals surface area contributed by atoms with Crippen molar-refractivity contribution in [3.8, 4) is 46.5 Å². The summed E-state index contributed by atoms with van der Waals surface area (Å²) in [5.74, 6) is 2.13. The summed E-state index contributed by atoms with van der Waals surface area (Å²) in [6.07, 6.45) is 24.8. The molecule has 298 valence electrons. The van der Waals surface area contributed by atoms with Crippen LogP contribution in [0.4, 0.5) is 0 Å². The van der Waals surface area contributed by atoms with Crippen molar-refractivity contribution in [3.05, 3.63) is 182 Å². The topological polar surface area (TPSA) is 54.1 Å². The molecule has 0 aliphatic rings. The van der Waals surface area contributed by atoms with Crippen LogP contribution in [0.5, 0.6) is 23.3 Å². The Morgan fingerprint density at radius 3 is 1.19 bits per heavy atom. The summed E-state index contributed by atoms with van der Waals surface area (Å²) < 4.78 is 15.2. The first-order chi connectivity index (χ1) is 26.9. The molecule has 4 heterocycles. The Morgan fingerprint density at radius 2 is 0.879 bits per heavy atom. The quantitative estimate of drug-likeness (QED) is 0.127. The molecule has 8 aromatic rings. The van der Waals surface area contributed by atoms with Gasteiger partial charge >= 0.3 is 0 Å². The summed E-state index contributed by atoms with van der Waals surface area (Å²) in [5.41, 5.74) is 3.65. The number of pyridine rings is 2. The minimum atomic E-state index is 0. The molecular formula is C50H40N4O2Pt2-6. The molecule has 4 aromatic carbocycles. The minimum absolute atomic E-state index is 0. The number of hydrogen-bond donors (Lipinski definition) is 0. The van der Waals surface area contributed by atoms with E-state index in [1.54, 1.807) is 45.8 Å². The van der Waals surface area contributed by atoms with E-state index in [2.05, 4.69) is 87.9 Å². The van der Waals surface area contributed by atoms with Gasteiger partial charge in [0, 0.05) is 113 Å². The second kappa shape index (κ2) is 20.2. The zero-order valence-corrected chi connectivity index (χ0v) is 37.5. The van der Waals surface area contributed by atoms with Crippen molar-refractivity contribution in [1.82, 2.24) is 19.1 Å². The van der Waals surface area contributed by atoms with Gasteiger partial charge in [0.15, 0.2) is 0 Å². The molecule has 0 saturated carbocycles. The van der Waals surface area contributed by atoms with E-state index < -0.39 is 0 Å². The van der Waals surface area contributed by atoms with E-state index >= 15 is 0 Å². The fraction of sp³-hybridized carbons (Fsp3) is 0.160. The monoisotopic (exact) mass is 1120 g/mol. The number of benzene rings is 4. The standard InChI is InChI=1S/C30H28N2O2.2C10H6N.2Pt/c1-29(2,3)23-13-15-31-27(19-23)33-25-11-7-9-21(17-25)22-10-8-12-26(18-22)34-28-20-24(14-16-32-28)30(4,5)6;2*1-2-11-7-9-5-3-4-6-10(9)8-11;;/h7-8,11-16,19-20H,1-6H3;2*3-8H;;/q-4;2*-1;;. The van der Waals surface area contributed by atoms with Crippen molar-refractivity contribution in [3.63, 3.8) is 0 Å². The van der Waals surface area contributed by atoms with Crippen LogP contribution in [0.2, 0.25) is 0 Å². The summed E-state index contributed by atoms with van der Waals surface area (Å²) >= 11 is 0. The van der Waals surface area contributed by atoms with Crippen molar-refractivity contribution in [1.29, 1.82) is 0 Å². The Balaban J connectivity index is 0.000000250. The zero-order chi connectivity index (χ0) is 39.7. The Bertz CT molecular complexity index is 2420. The Labute approximate surface area is 371 Å². The molecule has 58 heavy (non-hydrogen) atoms. The number of aromatic nitrogens is 4. The largest absolute Gasteiger partial charge is 0.669 e. The van der Waals surface area contributed by atoms with Crippen LogP contribution in [-0.4, -0.2) is 19.1 Å². The summed E-state index contributed by atoms with van der Waals surface area (Å²) in [5, 5.41) is 4.58. The third-order valence-electron chi connectivity index (χ3n) is 8.66. The summed E-state index contributed by atoms with van der Waals surface area (Å²) in [6.45, 7) is 12.9. The molecule has 0 unspecified atom stereocenters. The van der Waals surface area contributed by atoms with Crippen molar-refractivity contribution in [2.75, 3.05) is 0 Å². The molecule has 8 heteroatoms. The van der Waals surface area contributed by atoms with Gasteiger partial charge in [-0.25, -0.2) is 22.1 Å². The van der Waals surface area contributed by atoms with Gasteiger partial charge in [0.05, 0.1) is 0 Å². The minimum Gasteiger partial charge on any atom is -0.669 e. The molecule has 0 radical (unpaired) electrons. The molecule has 0 saturated heterocycles. The zero-order valence-electron chi connectivity index (χ0n) is 32.9. The second-order valence-corrected chi connectivity index (χ2v) is 15.0. The van der Waals surface area contributed by atoms with E-state index in [-0.39, 0.29) is 53.0 Å². The smallest absolute Gasteiger partial charge is 0.215 e. The van der Waals surface area contributed by atoms with Crippen LogP contribution in [-0.2, 0) is 53.0 Å². The average molecular weight is 1120 g/mol. The van der Waals surface area contributed by atoms with Crippen LogP contribution in [0.1, 0.15) is 52.7 Å². The van der Waals surface area contributed by atoms with E-state index in [9.17, 15) is 0 Å². The maximum Gasteiger partial charge on any atom is 0.215 e. The molecule has 0 atom stereocenters. The summed E-state index contributed by atoms with van der Waals surface area (Å²) in [7, 11) is 0. The molecule has 0 spiro atoms. The Kier molecular flexibility index (Phi) is 15.7. The van der Waals surface area contributed by atoms with Gasteiger partial charge < -0.3 is 66.8 Å². The van der Waals surface area contributed by atoms with Crippen LogP contribution in [0.15, 0.2) is 134 Å². The van der Waals surface area contributed by atoms with Gasteiger partial charge in [-0.3, -0.25) is 12.1 Å². The molecule has 0 fully saturated rings. The van der Waals surface area contributed by atoms with Crippen LogP contribution in [0, 0.1) is 49.2 Å². The number of nitrogens with zero attached hydrogens (tertiary/aromatic N) is 4. The third kappa shape index (κ3) is 12.2. The van der Waals surface area contributed by atoms with Crippen molar-refractivity contribution in [2.45, 2.75) is 52.4 Å². The summed E-state index contributed by atoms with van der Waals surface area (Å²) in [6, 6.07) is 48.5. The number of fused-ring (bicyclic) bond motifs is 2. The third-order valence-corrected chi connectivity index (χ3v) is 8.66. The van der Waals surface area contributed by atoms with Gasteiger partial charge in [-0.1, -0.05) is 102 Å². The van der Waals surface area contributed by atoms with E-state index in [4.69, 9.17) is 22.3 Å². The molecule has 4 aromatic heterocycles. The van der Waals surface area contributed by atoms with E-state index in [0.29, 0.717) is 34.4 Å². The maximum absolute atomic E-state index is 6.89. The molecule has 0 aliphatic heterocycles. The predicted octanol–water partition coefficient (Wildman–Crippen LogP) is 11.6. The van der Waals surface area contributed by atoms with Gasteiger partial charge in [-0.15, -0.1) is 0 Å². The molecule has 6 nitrogen and oxygen atoms in total. The fourth-order valence-electron chi connectivity index (χ4n) is 5.58. The first-order valence-electron chi connectivity index (χ1n) is 18.0. The van der Waals surface area contributed by atoms with Crippen LogP contribution in [0.3, 0.4) is 0 Å². The Morgan fingerprint density at radius 1 is 0.534 bits per heavy atom. The number of rotatable bonds is 5. The van der Waals surface area contributed by atoms with Crippen molar-refractivity contribution >= 4 is 21.5 Å². The van der Waals surface area contributed by atoms with Crippen LogP contribution < -0.4 is 9.47 Å². The molecule has 0 amide bonds. The van der Waals surface area contributed by atoms with E-state index in [0.717, 1.165) is 32.7 Å². The van der Waals surface area contributed by atoms with Gasteiger partial charge in [0.25, 0.3) is 0 Å². The average Bonchev–Trinajstić information content (AvgIpc) is 3.83. The van der Waals surface area contributed by atoms with E-state index in [1.807, 2.05) is 97.6 Å². The first-order valence-corrected chi connectivity index (χ1v) is 18.0. The van der Waals surface area contributed by atoms with Gasteiger partial charge in [-0.05, 0) is 34.1 Å². The number of hydrogen-bond acceptors (Lipinski definition) is 4. The van der Waals surface area contributed by atoms with Crippen LogP contribution >= 0.6 is 0 Å². The predicted molar refractivity (Wildman–Crippen MR) is 222 cm³/mol. The fourth-order valence-corrected chi connectivity index (χ4v) is 5.58. The van der Waals surface area contributed by atoms with E-state index in [1.165, 1.54) is 0 Å². The SMILES string of the molecule is CC(C)(C)c1ccnc(Oc2[c-]c(-c3[c-]ccc(Oc4cc(C(C)(C)C)ccn4)[c-]3)[c-]cc2)c1.[C-]#Cn1cc2ccccc2c1.[C-]#Cn1cc2ccccc2c1.[Pt].[Pt]. The first kappa shape index (κ1) is 45.1. The van der Waals surface area contributed by atoms with Gasteiger partial charge in [0.2, 0.25) is 11.8 Å². The molecular weight excluding hydrogens is 1080 g/mol. The number of ether oxygens (including phenoxy) is 2. The van der Waals surface area contributed by atoms with Gasteiger partial charge in [0.1, 0.15) is 0 Å². The Hall–Kier alpha value is -5.64. The maximum atomic E-state index is 6.89. The molecule has 0 bridgehead atoms. The normalized spacial score (nSPS) is 10.6. The van der Waals surface area contributed by atoms with Crippen molar-refractivity contribution in [2.24, 2.45) is 0 Å². The summed E-state index contributed by atoms with van der Waals surface area (Å²) in [4.78, 5) is 8.68. The second-order valence-electron chi connectivity index (χ2n) is 15.0. The van der Waals surface area contributed by atoms with Crippen molar-refractivity contribution < 1.29 is 51.6 Å².